The fourth-order valence-electron chi connectivity index (χ4n) is 3.04. The first kappa shape index (κ1) is 15.1. The molecule has 1 aliphatic rings. The highest BCUT2D eigenvalue weighted by molar-refractivity contribution is 5.22. The lowest BCUT2D eigenvalue weighted by Crippen LogP contribution is -2.45. The Morgan fingerprint density at radius 1 is 1.09 bits per heavy atom. The van der Waals surface area contributed by atoms with Crippen LogP contribution in [0.3, 0.4) is 0 Å². The lowest BCUT2D eigenvalue weighted by molar-refractivity contribution is 0.303. The molecule has 22 heavy (non-hydrogen) atoms. The molecule has 0 bridgehead atoms. The number of piperidine rings is 1. The van der Waals surface area contributed by atoms with Crippen molar-refractivity contribution in [3.8, 4) is 0 Å². The highest BCUT2D eigenvalue weighted by atomic mass is 19.1. The van der Waals surface area contributed by atoms with Crippen molar-refractivity contribution in [2.24, 2.45) is 0 Å². The van der Waals surface area contributed by atoms with Gasteiger partial charge < -0.3 is 10.6 Å². The molecule has 1 fully saturated rings. The standard InChI is InChI=1S/C18H20F2N2/c19-15-8-9-16(20)14(11-15)12-22-17-7-4-10-21-18(17)13-5-2-1-3-6-13/h1-3,5-6,8-9,11,17-18,21-22H,4,7,10,12H2/t17-,18-/m1/s1. The molecule has 3 rings (SSSR count). The number of hydrogen-bond donors (Lipinski definition) is 2. The zero-order valence-electron chi connectivity index (χ0n) is 12.4. The Bertz CT molecular complexity index is 616. The van der Waals surface area contributed by atoms with Gasteiger partial charge in [-0.3, -0.25) is 0 Å². The molecule has 2 atom stereocenters. The number of benzene rings is 2. The molecule has 0 spiro atoms. The topological polar surface area (TPSA) is 24.1 Å². The highest BCUT2D eigenvalue weighted by Gasteiger charge is 2.25. The zero-order valence-corrected chi connectivity index (χ0v) is 12.4. The maximum absolute atomic E-state index is 13.7. The molecule has 1 heterocycles. The van der Waals surface area contributed by atoms with Gasteiger partial charge in [-0.2, -0.15) is 0 Å². The average molecular weight is 302 g/mol. The molecule has 0 aromatic heterocycles. The normalized spacial score (nSPS) is 21.7. The van der Waals surface area contributed by atoms with Crippen molar-refractivity contribution in [1.82, 2.24) is 10.6 Å². The molecule has 2 aromatic rings. The Labute approximate surface area is 129 Å². The van der Waals surface area contributed by atoms with E-state index in [4.69, 9.17) is 0 Å². The minimum Gasteiger partial charge on any atom is -0.309 e. The first-order valence-corrected chi connectivity index (χ1v) is 7.69. The van der Waals surface area contributed by atoms with Crippen molar-refractivity contribution in [1.29, 1.82) is 0 Å². The SMILES string of the molecule is Fc1ccc(F)c(CN[C@@H]2CCCN[C@@H]2c2ccccc2)c1. The Morgan fingerprint density at radius 2 is 1.91 bits per heavy atom. The van der Waals surface area contributed by atoms with E-state index in [0.29, 0.717) is 12.1 Å². The van der Waals surface area contributed by atoms with Gasteiger partial charge in [0.05, 0.1) is 0 Å². The van der Waals surface area contributed by atoms with Gasteiger partial charge in [0.15, 0.2) is 0 Å². The maximum Gasteiger partial charge on any atom is 0.127 e. The van der Waals surface area contributed by atoms with Gasteiger partial charge in [0.1, 0.15) is 11.6 Å². The Balaban J connectivity index is 1.71. The second-order valence-corrected chi connectivity index (χ2v) is 5.71. The molecule has 0 aliphatic carbocycles. The first-order chi connectivity index (χ1) is 10.7. The van der Waals surface area contributed by atoms with E-state index >= 15 is 0 Å². The molecule has 1 aliphatic heterocycles. The third-order valence-corrected chi connectivity index (χ3v) is 4.18. The van der Waals surface area contributed by atoms with Crippen LogP contribution in [-0.4, -0.2) is 12.6 Å². The van der Waals surface area contributed by atoms with Crippen LogP contribution in [0.4, 0.5) is 8.78 Å². The van der Waals surface area contributed by atoms with Crippen LogP contribution in [0.25, 0.3) is 0 Å². The highest BCUT2D eigenvalue weighted by Crippen LogP contribution is 2.24. The van der Waals surface area contributed by atoms with E-state index in [1.54, 1.807) is 0 Å². The summed E-state index contributed by atoms with van der Waals surface area (Å²) < 4.78 is 27.0. The van der Waals surface area contributed by atoms with E-state index in [2.05, 4.69) is 22.8 Å². The third-order valence-electron chi connectivity index (χ3n) is 4.18. The summed E-state index contributed by atoms with van der Waals surface area (Å²) >= 11 is 0. The van der Waals surface area contributed by atoms with Crippen LogP contribution in [-0.2, 0) is 6.54 Å². The average Bonchev–Trinajstić information content (AvgIpc) is 2.57. The van der Waals surface area contributed by atoms with Crippen LogP contribution >= 0.6 is 0 Å². The molecule has 1 saturated heterocycles. The fraction of sp³-hybridized carbons (Fsp3) is 0.333. The largest absolute Gasteiger partial charge is 0.309 e. The van der Waals surface area contributed by atoms with Crippen molar-refractivity contribution >= 4 is 0 Å². The molecular formula is C18H20F2N2. The molecular weight excluding hydrogens is 282 g/mol. The van der Waals surface area contributed by atoms with Crippen LogP contribution in [0.15, 0.2) is 48.5 Å². The summed E-state index contributed by atoms with van der Waals surface area (Å²) in [5.41, 5.74) is 1.59. The van der Waals surface area contributed by atoms with Gasteiger partial charge in [0.25, 0.3) is 0 Å². The fourth-order valence-corrected chi connectivity index (χ4v) is 3.04. The number of hydrogen-bond acceptors (Lipinski definition) is 2. The van der Waals surface area contributed by atoms with Crippen molar-refractivity contribution in [3.63, 3.8) is 0 Å². The van der Waals surface area contributed by atoms with E-state index in [9.17, 15) is 8.78 Å². The van der Waals surface area contributed by atoms with Gasteiger partial charge in [0, 0.05) is 24.2 Å². The van der Waals surface area contributed by atoms with Crippen LogP contribution in [0.5, 0.6) is 0 Å². The number of halogens is 2. The van der Waals surface area contributed by atoms with E-state index in [1.807, 2.05) is 18.2 Å². The Kier molecular flexibility index (Phi) is 4.80. The lowest BCUT2D eigenvalue weighted by Gasteiger charge is -2.34. The lowest BCUT2D eigenvalue weighted by atomic mass is 9.92. The monoisotopic (exact) mass is 302 g/mol. The van der Waals surface area contributed by atoms with Gasteiger partial charge in [0.2, 0.25) is 0 Å². The van der Waals surface area contributed by atoms with Crippen molar-refractivity contribution in [3.05, 3.63) is 71.3 Å². The van der Waals surface area contributed by atoms with E-state index < -0.39 is 5.82 Å². The number of nitrogens with one attached hydrogen (secondary N) is 2. The summed E-state index contributed by atoms with van der Waals surface area (Å²) in [6, 6.07) is 14.2. The molecule has 4 heteroatoms. The van der Waals surface area contributed by atoms with Crippen molar-refractivity contribution < 1.29 is 8.78 Å². The summed E-state index contributed by atoms with van der Waals surface area (Å²) in [7, 11) is 0. The van der Waals surface area contributed by atoms with E-state index in [0.717, 1.165) is 25.5 Å². The summed E-state index contributed by atoms with van der Waals surface area (Å²) in [5, 5.41) is 6.90. The summed E-state index contributed by atoms with van der Waals surface area (Å²) in [4.78, 5) is 0. The van der Waals surface area contributed by atoms with E-state index in [1.165, 1.54) is 17.7 Å². The summed E-state index contributed by atoms with van der Waals surface area (Å²) in [5.74, 6) is -0.770. The quantitative estimate of drug-likeness (QED) is 0.902. The minimum atomic E-state index is -0.403. The van der Waals surface area contributed by atoms with Crippen LogP contribution < -0.4 is 10.6 Å². The molecule has 0 radical (unpaired) electrons. The summed E-state index contributed by atoms with van der Waals surface area (Å²) in [6.45, 7) is 1.31. The second-order valence-electron chi connectivity index (χ2n) is 5.71. The van der Waals surface area contributed by atoms with Crippen LogP contribution in [0.2, 0.25) is 0 Å². The molecule has 116 valence electrons. The molecule has 0 amide bonds. The Morgan fingerprint density at radius 3 is 2.73 bits per heavy atom. The van der Waals surface area contributed by atoms with Crippen LogP contribution in [0, 0.1) is 11.6 Å². The molecule has 0 unspecified atom stereocenters. The van der Waals surface area contributed by atoms with Crippen molar-refractivity contribution in [2.45, 2.75) is 31.5 Å². The minimum absolute atomic E-state index is 0.201. The second kappa shape index (κ2) is 6.99. The van der Waals surface area contributed by atoms with Crippen LogP contribution in [0.1, 0.15) is 30.0 Å². The third kappa shape index (κ3) is 3.51. The van der Waals surface area contributed by atoms with Gasteiger partial charge >= 0.3 is 0 Å². The molecule has 2 nitrogen and oxygen atoms in total. The molecule has 2 N–H and O–H groups in total. The predicted octanol–water partition coefficient (Wildman–Crippen LogP) is 3.55. The molecule has 0 saturated carbocycles. The number of rotatable bonds is 4. The Hall–Kier alpha value is -1.78. The van der Waals surface area contributed by atoms with Crippen molar-refractivity contribution in [2.75, 3.05) is 6.54 Å². The zero-order chi connectivity index (χ0) is 15.4. The van der Waals surface area contributed by atoms with E-state index in [-0.39, 0.29) is 17.9 Å². The smallest absolute Gasteiger partial charge is 0.127 e. The predicted molar refractivity (Wildman–Crippen MR) is 83.4 cm³/mol. The maximum atomic E-state index is 13.7. The summed E-state index contributed by atoms with van der Waals surface area (Å²) in [6.07, 6.45) is 2.09. The van der Waals surface area contributed by atoms with Gasteiger partial charge in [-0.1, -0.05) is 30.3 Å². The molecule has 2 aromatic carbocycles. The van der Waals surface area contributed by atoms with Gasteiger partial charge in [-0.05, 0) is 43.1 Å². The van der Waals surface area contributed by atoms with Gasteiger partial charge in [-0.25, -0.2) is 8.78 Å². The van der Waals surface area contributed by atoms with Gasteiger partial charge in [-0.15, -0.1) is 0 Å². The first-order valence-electron chi connectivity index (χ1n) is 7.69.